The molecular weight excluding hydrogens is 1960 g/mol. The summed E-state index contributed by atoms with van der Waals surface area (Å²) in [5, 5.41) is 28.7. The molecule has 4 atom stereocenters. The molecule has 4 aliphatic heterocycles. The van der Waals surface area contributed by atoms with Gasteiger partial charge in [0.15, 0.2) is 46.5 Å². The average molecular weight is 2070 g/mol. The molecule has 4 aliphatic rings. The van der Waals surface area contributed by atoms with Gasteiger partial charge in [0.1, 0.15) is 0 Å². The Labute approximate surface area is 844 Å². The van der Waals surface area contributed by atoms with Gasteiger partial charge < -0.3 is 59.8 Å². The van der Waals surface area contributed by atoms with Gasteiger partial charge in [-0.2, -0.15) is 93.0 Å². The van der Waals surface area contributed by atoms with Crippen molar-refractivity contribution in [1.82, 2.24) is 44.9 Å². The molecule has 0 bridgehead atoms. The summed E-state index contributed by atoms with van der Waals surface area (Å²) < 4.78 is 236. The maximum atomic E-state index is 14.6. The average Bonchev–Trinajstić information content (AvgIpc) is 0.805. The van der Waals surface area contributed by atoms with Crippen molar-refractivity contribution in [2.45, 2.75) is 138 Å². The summed E-state index contributed by atoms with van der Waals surface area (Å²) in [6, 6.07) is 39.6. The van der Waals surface area contributed by atoms with E-state index in [1.165, 1.54) is 30.5 Å². The normalized spacial score (nSPS) is 16.4. The summed E-state index contributed by atoms with van der Waals surface area (Å²) in [6.07, 6.45) is -5.68. The molecule has 4 fully saturated rings. The molecule has 0 amide bonds. The molecule has 148 heavy (non-hydrogen) atoms. The van der Waals surface area contributed by atoms with E-state index in [0.717, 1.165) is 107 Å². The lowest BCUT2D eigenvalue weighted by Gasteiger charge is -2.38. The van der Waals surface area contributed by atoms with Crippen molar-refractivity contribution in [3.63, 3.8) is 0 Å². The van der Waals surface area contributed by atoms with Gasteiger partial charge >= 0.3 is 24.7 Å². The SMILES string of the molecule is CCc1cc(Nc2cccc(C(F)(F)F)c2)ccc1/C=N/Nc1ncc(F)c(N2CCOC(C(C)C)C2)n1.CCc1cc(Nc2cccc(C(F)(F)F)c2)ccc1/C=N/Nc1ncc(F)c(N2CCOCC2C(C)C)n1.Cc1cc(Nc2cccc(C(F)(F)F)c2)ccc1/C=N/Nc1ncc(F)c(N2CCOC(C(C)C)C2)n1.Cc1nc(/C=N/Nc2ncc(F)c(N3CCOCC3C)n2)ccc1Nc1cccc(C(F)(F)F)c1. The second kappa shape index (κ2) is 50.4. The lowest BCUT2D eigenvalue weighted by molar-refractivity contribution is -0.138. The summed E-state index contributed by atoms with van der Waals surface area (Å²) in [5.74, 6) is 0.139. The Bertz CT molecular complexity index is 6600. The van der Waals surface area contributed by atoms with E-state index in [1.54, 1.807) is 92.3 Å². The monoisotopic (exact) mass is 2070 g/mol. The minimum Gasteiger partial charge on any atom is -0.377 e. The Hall–Kier alpha value is -15.0. The largest absolute Gasteiger partial charge is 0.416 e. The second-order valence-electron chi connectivity index (χ2n) is 35.6. The van der Waals surface area contributed by atoms with Crippen LogP contribution in [0.2, 0.25) is 0 Å². The molecule has 0 aliphatic carbocycles. The summed E-state index contributed by atoms with van der Waals surface area (Å²) in [7, 11) is 0. The van der Waals surface area contributed by atoms with E-state index in [0.29, 0.717) is 160 Å². The van der Waals surface area contributed by atoms with Gasteiger partial charge in [-0.05, 0) is 206 Å². The van der Waals surface area contributed by atoms with E-state index >= 15 is 0 Å². The molecule has 784 valence electrons. The minimum atomic E-state index is -4.42. The van der Waals surface area contributed by atoms with Crippen LogP contribution in [0.25, 0.3) is 0 Å². The third-order valence-corrected chi connectivity index (χ3v) is 23.8. The molecule has 29 nitrogen and oxygen atoms in total. The van der Waals surface area contributed by atoms with Crippen molar-refractivity contribution in [2.24, 2.45) is 38.2 Å². The number of aromatic nitrogens is 9. The summed E-state index contributed by atoms with van der Waals surface area (Å²) in [5.41, 5.74) is 18.0. The molecule has 45 heteroatoms. The zero-order chi connectivity index (χ0) is 106. The van der Waals surface area contributed by atoms with Gasteiger partial charge in [0.05, 0.1) is 153 Å². The van der Waals surface area contributed by atoms with Gasteiger partial charge in [-0.25, -0.2) is 64.2 Å². The van der Waals surface area contributed by atoms with Crippen molar-refractivity contribution in [2.75, 3.05) is 141 Å². The number of nitrogens with zero attached hydrogens (tertiary/aromatic N) is 17. The Balaban J connectivity index is 0.000000165. The van der Waals surface area contributed by atoms with Crippen LogP contribution in [-0.4, -0.2) is 173 Å². The molecule has 9 heterocycles. The van der Waals surface area contributed by atoms with Crippen LogP contribution in [0, 0.1) is 54.9 Å². The Morgan fingerprint density at radius 2 is 0.730 bits per heavy atom. The van der Waals surface area contributed by atoms with Gasteiger partial charge in [-0.1, -0.05) is 97.9 Å². The number of benzene rings is 7. The van der Waals surface area contributed by atoms with Gasteiger partial charge in [-0.15, -0.1) is 0 Å². The predicted octanol–water partition coefficient (Wildman–Crippen LogP) is 23.2. The Kier molecular flexibility index (Phi) is 37.5. The number of hydrogen-bond acceptors (Lipinski definition) is 29. The number of alkyl halides is 12. The van der Waals surface area contributed by atoms with Crippen LogP contribution in [0.15, 0.2) is 209 Å². The first kappa shape index (κ1) is 110. The van der Waals surface area contributed by atoms with E-state index < -0.39 is 70.2 Å². The van der Waals surface area contributed by atoms with Crippen molar-refractivity contribution in [1.29, 1.82) is 0 Å². The second-order valence-corrected chi connectivity index (χ2v) is 35.6. The predicted molar refractivity (Wildman–Crippen MR) is 542 cm³/mol. The molecule has 0 saturated carbocycles. The highest BCUT2D eigenvalue weighted by Gasteiger charge is 2.37. The fraction of sp³-hybridized carbons (Fsp3) is 0.350. The van der Waals surface area contributed by atoms with Crippen LogP contribution in [0.5, 0.6) is 0 Å². The molecule has 8 N–H and O–H groups in total. The van der Waals surface area contributed by atoms with Crippen molar-refractivity contribution >= 4 is 117 Å². The van der Waals surface area contributed by atoms with Crippen molar-refractivity contribution < 1.29 is 89.2 Å². The number of hydrogen-bond donors (Lipinski definition) is 8. The Morgan fingerprint density at radius 1 is 0.378 bits per heavy atom. The topological polar surface area (TPSA) is 312 Å². The molecule has 4 unspecified atom stereocenters. The summed E-state index contributed by atoms with van der Waals surface area (Å²) >= 11 is 0. The fourth-order valence-electron chi connectivity index (χ4n) is 15.8. The standard InChI is InChI=1S/2C27H30F4N6O.C26H28F4N6O.C23H23F4N7O/c1-4-18-12-22(34-21-7-5-6-20(13-21)27(29,30)31)9-8-19(18)14-33-36-26-32-15-23(28)25(35-26)37-10-11-38-16-24(37)17(2)3;1-4-18-12-22(34-21-7-5-6-20(13-21)27(29,30)31)9-8-19(18)14-33-36-26-32-15-23(28)25(35-26)37-10-11-38-24(16-37)17(2)3;1-16(2)23-15-36(9-10-37-23)24-22(27)14-31-25(34-24)35-32-13-18-7-8-21(11-17(18)3)33-20-6-4-5-19(12-20)26(28,29)30;1-14-13-35-9-8-34(14)21-19(24)12-28-22(32-21)33-29-11-18-6-7-20(15(2)30-18)31-17-5-3-4-16(10-17)23(25,26)27/h2*5-9,12-15,17,24,34H,4,10-11,16H2,1-3H3,(H,32,35,36);4-8,11-14,16,23,33H,9-10,15H2,1-3H3,(H,31,34,35);3-7,10-12,14,31H,8-9,13H2,1-2H3,(H,28,32,33)/b2*33-14+;32-13+;29-11+. The van der Waals surface area contributed by atoms with E-state index in [9.17, 15) is 70.2 Å². The highest BCUT2D eigenvalue weighted by atomic mass is 19.4. The third kappa shape index (κ3) is 31.1. The smallest absolute Gasteiger partial charge is 0.377 e. The van der Waals surface area contributed by atoms with Crippen LogP contribution < -0.4 is 62.6 Å². The minimum absolute atomic E-state index is 0.000301. The van der Waals surface area contributed by atoms with Gasteiger partial charge in [0.2, 0.25) is 23.8 Å². The summed E-state index contributed by atoms with van der Waals surface area (Å²) in [6.45, 7) is 27.9. The molecule has 0 radical (unpaired) electrons. The summed E-state index contributed by atoms with van der Waals surface area (Å²) in [4.78, 5) is 44.9. The number of hydrazone groups is 4. The molecule has 4 saturated heterocycles. The number of halogens is 16. The zero-order valence-corrected chi connectivity index (χ0v) is 82.4. The number of morpholine rings is 4. The molecule has 16 rings (SSSR count). The lowest BCUT2D eigenvalue weighted by Crippen LogP contribution is -2.49. The number of ether oxygens (including phenoxy) is 4. The molecular formula is C103H111F16N25O4. The molecule has 5 aromatic heterocycles. The highest BCUT2D eigenvalue weighted by molar-refractivity contribution is 5.86. The maximum absolute atomic E-state index is 14.6. The van der Waals surface area contributed by atoms with Gasteiger partial charge in [0, 0.05) is 79.1 Å². The molecule has 12 aromatic rings. The van der Waals surface area contributed by atoms with E-state index in [1.807, 2.05) is 71.6 Å². The van der Waals surface area contributed by atoms with Gasteiger partial charge in [0.25, 0.3) is 0 Å². The third-order valence-electron chi connectivity index (χ3n) is 23.8. The lowest BCUT2D eigenvalue weighted by atomic mass is 10.0. The zero-order valence-electron chi connectivity index (χ0n) is 82.4. The van der Waals surface area contributed by atoms with Crippen LogP contribution in [-0.2, 0) is 56.5 Å². The quantitative estimate of drug-likeness (QED) is 0.0123. The first-order valence-corrected chi connectivity index (χ1v) is 47.4. The highest BCUT2D eigenvalue weighted by Crippen LogP contribution is 2.39. The van der Waals surface area contributed by atoms with Crippen LogP contribution in [0.3, 0.4) is 0 Å². The van der Waals surface area contributed by atoms with Crippen molar-refractivity contribution in [3.8, 4) is 0 Å². The first-order valence-electron chi connectivity index (χ1n) is 47.4. The molecule has 7 aromatic carbocycles. The number of pyridine rings is 1. The van der Waals surface area contributed by atoms with Crippen molar-refractivity contribution in [3.05, 3.63) is 279 Å². The number of anilines is 16. The van der Waals surface area contributed by atoms with E-state index in [-0.39, 0.29) is 77.3 Å². The first-order chi connectivity index (χ1) is 70.6. The maximum Gasteiger partial charge on any atom is 0.416 e. The number of aryl methyl sites for hydroxylation is 4. The number of rotatable bonds is 29. The van der Waals surface area contributed by atoms with Crippen LogP contribution in [0.1, 0.15) is 129 Å². The molecule has 0 spiro atoms. The van der Waals surface area contributed by atoms with Gasteiger partial charge in [-0.3, -0.25) is 0 Å². The Morgan fingerprint density at radius 3 is 1.11 bits per heavy atom. The van der Waals surface area contributed by atoms with Crippen LogP contribution in [0.4, 0.5) is 163 Å². The van der Waals surface area contributed by atoms with E-state index in [4.69, 9.17) is 18.9 Å². The fourth-order valence-corrected chi connectivity index (χ4v) is 15.8. The number of nitrogens with one attached hydrogen (secondary N) is 8. The van der Waals surface area contributed by atoms with E-state index in [2.05, 4.69) is 150 Å². The van der Waals surface area contributed by atoms with Crippen LogP contribution >= 0.6 is 0 Å².